The topological polar surface area (TPSA) is 32.3 Å². The van der Waals surface area contributed by atoms with Crippen molar-refractivity contribution in [3.63, 3.8) is 0 Å². The number of urea groups is 1. The maximum absolute atomic E-state index is 12.9. The fraction of sp³-hybridized carbons (Fsp3) is 0.364. The molecule has 0 bridgehead atoms. The minimum atomic E-state index is -4.54. The van der Waals surface area contributed by atoms with E-state index in [0.29, 0.717) is 13.0 Å². The molecule has 0 radical (unpaired) electrons. The van der Waals surface area contributed by atoms with Crippen molar-refractivity contribution < 1.29 is 18.0 Å². The molecule has 0 saturated carbocycles. The first-order chi connectivity index (χ1) is 8.39. The Morgan fingerprint density at radius 2 is 2.06 bits per heavy atom. The van der Waals surface area contributed by atoms with Crippen LogP contribution in [-0.2, 0) is 6.18 Å². The Hall–Kier alpha value is -1.43. The fourth-order valence-corrected chi connectivity index (χ4v) is 2.00. The van der Waals surface area contributed by atoms with Gasteiger partial charge in [0.15, 0.2) is 0 Å². The molecule has 2 amide bonds. The molecule has 0 aliphatic carbocycles. The van der Waals surface area contributed by atoms with Crippen LogP contribution in [0.25, 0.3) is 0 Å². The lowest BCUT2D eigenvalue weighted by atomic mass is 10.1. The van der Waals surface area contributed by atoms with Crippen molar-refractivity contribution >= 4 is 23.3 Å². The van der Waals surface area contributed by atoms with Crippen LogP contribution in [-0.4, -0.2) is 19.1 Å². The van der Waals surface area contributed by atoms with Crippen LogP contribution in [0.4, 0.5) is 23.7 Å². The van der Waals surface area contributed by atoms with Crippen LogP contribution in [0.15, 0.2) is 18.2 Å². The summed E-state index contributed by atoms with van der Waals surface area (Å²) in [6.45, 7) is 0.737. The summed E-state index contributed by atoms with van der Waals surface area (Å²) in [6.07, 6.45) is -3.94. The van der Waals surface area contributed by atoms with Gasteiger partial charge in [0, 0.05) is 18.1 Å². The maximum Gasteiger partial charge on any atom is 0.418 e. The second kappa shape index (κ2) is 4.68. The van der Waals surface area contributed by atoms with Crippen molar-refractivity contribution in [1.82, 2.24) is 5.32 Å². The SMILES string of the molecule is O=C1NCCCN1c1ccc(Cl)cc1C(F)(F)F. The Morgan fingerprint density at radius 3 is 2.67 bits per heavy atom. The predicted molar refractivity (Wildman–Crippen MR) is 61.8 cm³/mol. The molecule has 7 heteroatoms. The van der Waals surface area contributed by atoms with Gasteiger partial charge in [-0.3, -0.25) is 4.90 Å². The van der Waals surface area contributed by atoms with Crippen LogP contribution in [0.2, 0.25) is 5.02 Å². The monoisotopic (exact) mass is 278 g/mol. The van der Waals surface area contributed by atoms with Gasteiger partial charge in [-0.05, 0) is 24.6 Å². The van der Waals surface area contributed by atoms with Crippen LogP contribution in [0.3, 0.4) is 0 Å². The van der Waals surface area contributed by atoms with E-state index in [1.54, 1.807) is 0 Å². The summed E-state index contributed by atoms with van der Waals surface area (Å²) in [5, 5.41) is 2.50. The molecule has 1 fully saturated rings. The quantitative estimate of drug-likeness (QED) is 0.840. The molecule has 1 aromatic rings. The Kier molecular flexibility index (Phi) is 3.38. The summed E-state index contributed by atoms with van der Waals surface area (Å²) in [4.78, 5) is 12.7. The number of rotatable bonds is 1. The number of hydrogen-bond acceptors (Lipinski definition) is 1. The highest BCUT2D eigenvalue weighted by atomic mass is 35.5. The number of amides is 2. The third-order valence-electron chi connectivity index (χ3n) is 2.63. The van der Waals surface area contributed by atoms with Crippen LogP contribution in [0.1, 0.15) is 12.0 Å². The van der Waals surface area contributed by atoms with Gasteiger partial charge in [0.1, 0.15) is 0 Å². The molecule has 18 heavy (non-hydrogen) atoms. The van der Waals surface area contributed by atoms with E-state index in [1.165, 1.54) is 12.1 Å². The largest absolute Gasteiger partial charge is 0.418 e. The van der Waals surface area contributed by atoms with Gasteiger partial charge in [0.2, 0.25) is 0 Å². The molecule has 0 spiro atoms. The number of carbonyl (C=O) groups is 1. The second-order valence-electron chi connectivity index (χ2n) is 3.90. The molecule has 1 heterocycles. The van der Waals surface area contributed by atoms with Gasteiger partial charge < -0.3 is 5.32 Å². The number of alkyl halides is 3. The Bertz CT molecular complexity index is 476. The first kappa shape index (κ1) is 13.0. The second-order valence-corrected chi connectivity index (χ2v) is 4.33. The van der Waals surface area contributed by atoms with Gasteiger partial charge in [0.05, 0.1) is 11.3 Å². The van der Waals surface area contributed by atoms with Crippen molar-refractivity contribution in [2.75, 3.05) is 18.0 Å². The number of nitrogens with zero attached hydrogens (tertiary/aromatic N) is 1. The lowest BCUT2D eigenvalue weighted by Crippen LogP contribution is -2.47. The van der Waals surface area contributed by atoms with Crippen LogP contribution in [0, 0.1) is 0 Å². The molecule has 0 aromatic heterocycles. The van der Waals surface area contributed by atoms with Gasteiger partial charge in [-0.15, -0.1) is 0 Å². The molecule has 3 nitrogen and oxygen atoms in total. The molecule has 98 valence electrons. The van der Waals surface area contributed by atoms with Gasteiger partial charge >= 0.3 is 12.2 Å². The number of anilines is 1. The zero-order valence-corrected chi connectivity index (χ0v) is 9.98. The lowest BCUT2D eigenvalue weighted by Gasteiger charge is -2.29. The molecule has 1 aliphatic heterocycles. The minimum Gasteiger partial charge on any atom is -0.338 e. The highest BCUT2D eigenvalue weighted by molar-refractivity contribution is 6.30. The van der Waals surface area contributed by atoms with Crippen molar-refractivity contribution in [3.05, 3.63) is 28.8 Å². The summed E-state index contributed by atoms with van der Waals surface area (Å²) >= 11 is 5.58. The van der Waals surface area contributed by atoms with E-state index in [2.05, 4.69) is 5.32 Å². The number of carbonyl (C=O) groups excluding carboxylic acids is 1. The highest BCUT2D eigenvalue weighted by Crippen LogP contribution is 2.38. The molecule has 1 saturated heterocycles. The number of benzene rings is 1. The van der Waals surface area contributed by atoms with E-state index in [9.17, 15) is 18.0 Å². The number of nitrogens with one attached hydrogen (secondary N) is 1. The first-order valence-corrected chi connectivity index (χ1v) is 5.69. The van der Waals surface area contributed by atoms with Crippen molar-refractivity contribution in [1.29, 1.82) is 0 Å². The van der Waals surface area contributed by atoms with E-state index in [-0.39, 0.29) is 17.3 Å². The Labute approximate surface area is 107 Å². The molecule has 1 N–H and O–H groups in total. The average Bonchev–Trinajstić information content (AvgIpc) is 2.29. The number of hydrogen-bond donors (Lipinski definition) is 1. The van der Waals surface area contributed by atoms with Gasteiger partial charge in [-0.25, -0.2) is 4.79 Å². The summed E-state index contributed by atoms with van der Waals surface area (Å²) in [7, 11) is 0. The van der Waals surface area contributed by atoms with Crippen LogP contribution >= 0.6 is 11.6 Å². The number of halogens is 4. The summed E-state index contributed by atoms with van der Waals surface area (Å²) in [5.41, 5.74) is -1.06. The smallest absolute Gasteiger partial charge is 0.338 e. The zero-order valence-electron chi connectivity index (χ0n) is 9.22. The highest BCUT2D eigenvalue weighted by Gasteiger charge is 2.36. The van der Waals surface area contributed by atoms with E-state index in [4.69, 9.17) is 11.6 Å². The van der Waals surface area contributed by atoms with Crippen molar-refractivity contribution in [2.45, 2.75) is 12.6 Å². The standard InChI is InChI=1S/C11H10ClF3N2O/c12-7-2-3-9(8(6-7)11(13,14)15)17-5-1-4-16-10(17)18/h2-3,6H,1,4-5H2,(H,16,18). The molecule has 1 aliphatic rings. The molecule has 0 atom stereocenters. The fourth-order valence-electron chi connectivity index (χ4n) is 1.83. The molecular weight excluding hydrogens is 269 g/mol. The summed E-state index contributed by atoms with van der Waals surface area (Å²) in [6, 6.07) is 2.87. The molecule has 0 unspecified atom stereocenters. The summed E-state index contributed by atoms with van der Waals surface area (Å²) < 4.78 is 38.7. The zero-order chi connectivity index (χ0) is 13.3. The first-order valence-electron chi connectivity index (χ1n) is 5.32. The lowest BCUT2D eigenvalue weighted by molar-refractivity contribution is -0.137. The summed E-state index contributed by atoms with van der Waals surface area (Å²) in [5.74, 6) is 0. The van der Waals surface area contributed by atoms with Crippen LogP contribution in [0.5, 0.6) is 0 Å². The van der Waals surface area contributed by atoms with Gasteiger partial charge in [-0.1, -0.05) is 11.6 Å². The van der Waals surface area contributed by atoms with Crippen molar-refractivity contribution in [2.24, 2.45) is 0 Å². The normalized spacial score (nSPS) is 16.7. The van der Waals surface area contributed by atoms with E-state index in [0.717, 1.165) is 11.0 Å². The third kappa shape index (κ3) is 2.53. The van der Waals surface area contributed by atoms with E-state index >= 15 is 0 Å². The minimum absolute atomic E-state index is 0.0107. The van der Waals surface area contributed by atoms with Crippen LogP contribution < -0.4 is 10.2 Å². The molecular formula is C11H10ClF3N2O. The molecule has 1 aromatic carbocycles. The molecule has 2 rings (SSSR count). The maximum atomic E-state index is 12.9. The Morgan fingerprint density at radius 1 is 1.33 bits per heavy atom. The Balaban J connectivity index is 2.46. The van der Waals surface area contributed by atoms with E-state index < -0.39 is 17.8 Å². The van der Waals surface area contributed by atoms with E-state index in [1.807, 2.05) is 0 Å². The predicted octanol–water partition coefficient (Wildman–Crippen LogP) is 3.28. The average molecular weight is 279 g/mol. The third-order valence-corrected chi connectivity index (χ3v) is 2.87. The van der Waals surface area contributed by atoms with Gasteiger partial charge in [-0.2, -0.15) is 13.2 Å². The van der Waals surface area contributed by atoms with Crippen molar-refractivity contribution in [3.8, 4) is 0 Å². The van der Waals surface area contributed by atoms with Gasteiger partial charge in [0.25, 0.3) is 0 Å².